The van der Waals surface area contributed by atoms with Crippen LogP contribution in [0.1, 0.15) is 30.1 Å². The van der Waals surface area contributed by atoms with Crippen molar-refractivity contribution in [3.8, 4) is 0 Å². The van der Waals surface area contributed by atoms with Gasteiger partial charge in [-0.05, 0) is 55.6 Å². The van der Waals surface area contributed by atoms with Crippen LogP contribution in [0, 0.1) is 5.41 Å². The van der Waals surface area contributed by atoms with E-state index in [4.69, 9.17) is 11.6 Å². The molecule has 1 aliphatic heterocycles. The molecule has 0 saturated carbocycles. The minimum atomic E-state index is -0.0832. The molecule has 3 rings (SSSR count). The molecule has 24 heavy (non-hydrogen) atoms. The molecule has 2 N–H and O–H groups in total. The van der Waals surface area contributed by atoms with Gasteiger partial charge in [0.25, 0.3) is 5.91 Å². The molecule has 1 saturated heterocycles. The van der Waals surface area contributed by atoms with Gasteiger partial charge in [-0.15, -0.1) is 24.8 Å². The molecule has 0 bridgehead atoms. The second-order valence-corrected chi connectivity index (χ2v) is 6.65. The fourth-order valence-electron chi connectivity index (χ4n) is 2.92. The van der Waals surface area contributed by atoms with E-state index in [1.165, 1.54) is 0 Å². The second kappa shape index (κ2) is 8.86. The van der Waals surface area contributed by atoms with Crippen LogP contribution >= 0.6 is 36.4 Å². The molecule has 0 unspecified atom stereocenters. The summed E-state index contributed by atoms with van der Waals surface area (Å²) in [5, 5.41) is 7.85. The van der Waals surface area contributed by atoms with Crippen LogP contribution in [0.15, 0.2) is 30.5 Å². The molecule has 2 heterocycles. The van der Waals surface area contributed by atoms with Gasteiger partial charge in [-0.25, -0.2) is 0 Å². The Bertz CT molecular complexity index is 703. The van der Waals surface area contributed by atoms with Crippen molar-refractivity contribution in [3.05, 3.63) is 41.0 Å². The van der Waals surface area contributed by atoms with E-state index < -0.39 is 0 Å². The van der Waals surface area contributed by atoms with Gasteiger partial charge in [-0.2, -0.15) is 0 Å². The number of hydrogen-bond donors (Lipinski definition) is 2. The summed E-state index contributed by atoms with van der Waals surface area (Å²) in [6.45, 7) is 4.94. The Hall–Kier alpha value is -1.07. The van der Waals surface area contributed by atoms with Crippen LogP contribution in [0.2, 0.25) is 5.02 Å². The molecule has 7 heteroatoms. The number of nitrogens with zero attached hydrogens (tertiary/aromatic N) is 1. The van der Waals surface area contributed by atoms with Crippen molar-refractivity contribution in [2.24, 2.45) is 5.41 Å². The molecule has 1 fully saturated rings. The highest BCUT2D eigenvalue weighted by molar-refractivity contribution is 6.36. The normalized spacial score (nSPS) is 15.9. The quantitative estimate of drug-likeness (QED) is 0.837. The maximum atomic E-state index is 12.5. The standard InChI is InChI=1S/C17H20ClN3O.2ClH/c1-17(6-9-19-10-7-17)11-21-16(22)13-4-5-14(18)12-3-2-8-20-15(12)13;;/h2-5,8,19H,6-7,9-11H2,1H3,(H,21,22);2*1H. The molecule has 132 valence electrons. The molecule has 2 aromatic rings. The van der Waals surface area contributed by atoms with E-state index in [0.717, 1.165) is 31.3 Å². The van der Waals surface area contributed by atoms with Crippen LogP contribution in [0.4, 0.5) is 0 Å². The summed E-state index contributed by atoms with van der Waals surface area (Å²) in [6.07, 6.45) is 3.84. The smallest absolute Gasteiger partial charge is 0.253 e. The van der Waals surface area contributed by atoms with Gasteiger partial charge in [0, 0.05) is 18.1 Å². The minimum Gasteiger partial charge on any atom is -0.351 e. The van der Waals surface area contributed by atoms with E-state index in [0.29, 0.717) is 22.6 Å². The number of carbonyl (C=O) groups excluding carboxylic acids is 1. The second-order valence-electron chi connectivity index (χ2n) is 6.24. The predicted octanol–water partition coefficient (Wildman–Crippen LogP) is 3.85. The van der Waals surface area contributed by atoms with Crippen LogP contribution in [0.3, 0.4) is 0 Å². The van der Waals surface area contributed by atoms with Crippen molar-refractivity contribution < 1.29 is 4.79 Å². The summed E-state index contributed by atoms with van der Waals surface area (Å²) in [5.74, 6) is -0.0832. The van der Waals surface area contributed by atoms with Crippen molar-refractivity contribution in [1.29, 1.82) is 0 Å². The summed E-state index contributed by atoms with van der Waals surface area (Å²) in [4.78, 5) is 16.9. The zero-order chi connectivity index (χ0) is 15.6. The summed E-state index contributed by atoms with van der Waals surface area (Å²) in [5.41, 5.74) is 1.40. The van der Waals surface area contributed by atoms with E-state index in [2.05, 4.69) is 22.5 Å². The number of pyridine rings is 1. The molecule has 1 aromatic heterocycles. The Kier molecular flexibility index (Phi) is 7.74. The van der Waals surface area contributed by atoms with Crippen LogP contribution in [0.25, 0.3) is 10.9 Å². The van der Waals surface area contributed by atoms with Gasteiger partial charge < -0.3 is 10.6 Å². The third-order valence-corrected chi connectivity index (χ3v) is 4.78. The molecule has 0 spiro atoms. The van der Waals surface area contributed by atoms with Crippen molar-refractivity contribution in [2.45, 2.75) is 19.8 Å². The van der Waals surface area contributed by atoms with Gasteiger partial charge in [0.1, 0.15) is 0 Å². The van der Waals surface area contributed by atoms with Crippen molar-refractivity contribution in [2.75, 3.05) is 19.6 Å². The molecular formula is C17H22Cl3N3O. The number of amides is 1. The Labute approximate surface area is 159 Å². The Morgan fingerprint density at radius 1 is 1.29 bits per heavy atom. The summed E-state index contributed by atoms with van der Waals surface area (Å²) in [6, 6.07) is 7.21. The third kappa shape index (κ3) is 4.51. The molecule has 1 aliphatic rings. The summed E-state index contributed by atoms with van der Waals surface area (Å²) < 4.78 is 0. The highest BCUT2D eigenvalue weighted by atomic mass is 35.5. The van der Waals surface area contributed by atoms with E-state index in [1.807, 2.05) is 12.1 Å². The lowest BCUT2D eigenvalue weighted by atomic mass is 9.81. The van der Waals surface area contributed by atoms with Gasteiger partial charge >= 0.3 is 0 Å². The first-order valence-corrected chi connectivity index (χ1v) is 7.99. The first kappa shape index (κ1) is 21.0. The zero-order valence-corrected chi connectivity index (χ0v) is 15.9. The molecule has 4 nitrogen and oxygen atoms in total. The number of halogens is 3. The fraction of sp³-hybridized carbons (Fsp3) is 0.412. The number of piperidine rings is 1. The number of hydrogen-bond acceptors (Lipinski definition) is 3. The van der Waals surface area contributed by atoms with Gasteiger partial charge in [-0.1, -0.05) is 18.5 Å². The number of carbonyl (C=O) groups is 1. The molecule has 0 aliphatic carbocycles. The molecule has 0 atom stereocenters. The van der Waals surface area contributed by atoms with Gasteiger partial charge in [-0.3, -0.25) is 9.78 Å². The zero-order valence-electron chi connectivity index (χ0n) is 13.5. The first-order valence-electron chi connectivity index (χ1n) is 7.61. The average Bonchev–Trinajstić information content (AvgIpc) is 2.54. The highest BCUT2D eigenvalue weighted by Gasteiger charge is 2.27. The first-order chi connectivity index (χ1) is 10.6. The molecular weight excluding hydrogens is 369 g/mol. The SMILES string of the molecule is CC1(CNC(=O)c2ccc(Cl)c3cccnc23)CCNCC1.Cl.Cl. The van der Waals surface area contributed by atoms with Crippen molar-refractivity contribution in [1.82, 2.24) is 15.6 Å². The van der Waals surface area contributed by atoms with Crippen LogP contribution in [-0.4, -0.2) is 30.5 Å². The van der Waals surface area contributed by atoms with Crippen LogP contribution in [0.5, 0.6) is 0 Å². The lowest BCUT2D eigenvalue weighted by Gasteiger charge is -2.34. The Morgan fingerprint density at radius 3 is 2.71 bits per heavy atom. The largest absolute Gasteiger partial charge is 0.351 e. The van der Waals surface area contributed by atoms with E-state index in [1.54, 1.807) is 18.3 Å². The van der Waals surface area contributed by atoms with E-state index >= 15 is 0 Å². The minimum absolute atomic E-state index is 0. The fourth-order valence-corrected chi connectivity index (χ4v) is 3.13. The number of fused-ring (bicyclic) bond motifs is 1. The number of rotatable bonds is 3. The molecule has 1 amide bonds. The lowest BCUT2D eigenvalue weighted by molar-refractivity contribution is 0.0924. The summed E-state index contributed by atoms with van der Waals surface area (Å²) in [7, 11) is 0. The highest BCUT2D eigenvalue weighted by Crippen LogP contribution is 2.28. The predicted molar refractivity (Wildman–Crippen MR) is 104 cm³/mol. The van der Waals surface area contributed by atoms with Crippen LogP contribution < -0.4 is 10.6 Å². The monoisotopic (exact) mass is 389 g/mol. The lowest BCUT2D eigenvalue weighted by Crippen LogP contribution is -2.42. The maximum Gasteiger partial charge on any atom is 0.253 e. The van der Waals surface area contributed by atoms with Crippen molar-refractivity contribution in [3.63, 3.8) is 0 Å². The van der Waals surface area contributed by atoms with E-state index in [-0.39, 0.29) is 36.1 Å². The Morgan fingerprint density at radius 2 is 2.00 bits per heavy atom. The number of aromatic nitrogens is 1. The maximum absolute atomic E-state index is 12.5. The van der Waals surface area contributed by atoms with E-state index in [9.17, 15) is 4.79 Å². The number of nitrogens with one attached hydrogen (secondary N) is 2. The average molecular weight is 391 g/mol. The molecule has 1 aromatic carbocycles. The van der Waals surface area contributed by atoms with Crippen molar-refractivity contribution >= 4 is 53.2 Å². The topological polar surface area (TPSA) is 54.0 Å². The Balaban J connectivity index is 0.00000144. The third-order valence-electron chi connectivity index (χ3n) is 4.45. The summed E-state index contributed by atoms with van der Waals surface area (Å²) >= 11 is 6.18. The van der Waals surface area contributed by atoms with Gasteiger partial charge in [0.15, 0.2) is 0 Å². The number of benzene rings is 1. The van der Waals surface area contributed by atoms with Gasteiger partial charge in [0.05, 0.1) is 16.1 Å². The molecule has 0 radical (unpaired) electrons. The van der Waals surface area contributed by atoms with Crippen LogP contribution in [-0.2, 0) is 0 Å². The van der Waals surface area contributed by atoms with Gasteiger partial charge in [0.2, 0.25) is 0 Å².